The van der Waals surface area contributed by atoms with E-state index >= 15 is 0 Å². The lowest BCUT2D eigenvalue weighted by Crippen LogP contribution is -1.95. The molecule has 0 radical (unpaired) electrons. The Bertz CT molecular complexity index is 244. The smallest absolute Gasteiger partial charge is 0.182 e. The molecule has 12 heavy (non-hydrogen) atoms. The van der Waals surface area contributed by atoms with Crippen molar-refractivity contribution < 1.29 is 8.42 Å². The summed E-state index contributed by atoms with van der Waals surface area (Å²) in [6.45, 7) is 2.07. The molecule has 0 aromatic carbocycles. The minimum Gasteiger partial charge on any atom is -0.223 e. The van der Waals surface area contributed by atoms with Gasteiger partial charge in [-0.2, -0.15) is 0 Å². The first-order valence-electron chi connectivity index (χ1n) is 3.66. The normalized spacial score (nSPS) is 13.4. The number of halogens is 2. The fraction of sp³-hybridized carbons (Fsp3) is 0.714. The van der Waals surface area contributed by atoms with Gasteiger partial charge in [-0.15, -0.1) is 0 Å². The Labute approximate surface area is 90.6 Å². The van der Waals surface area contributed by atoms with Crippen LogP contribution in [-0.2, 0) is 9.84 Å². The van der Waals surface area contributed by atoms with Crippen molar-refractivity contribution in [1.82, 2.24) is 0 Å². The van der Waals surface area contributed by atoms with Crippen molar-refractivity contribution in [2.75, 3.05) is 4.66 Å². The molecule has 0 amide bonds. The average molecular weight is 320 g/mol. The van der Waals surface area contributed by atoms with E-state index in [2.05, 4.69) is 38.8 Å². The van der Waals surface area contributed by atoms with E-state index in [1.54, 1.807) is 0 Å². The number of allylic oxidation sites excluding steroid dienone is 1. The van der Waals surface area contributed by atoms with E-state index in [9.17, 15) is 8.42 Å². The summed E-state index contributed by atoms with van der Waals surface area (Å²) in [7, 11) is -3.04. The standard InChI is InChI=1S/C7H12Br2O2S/c1-2-3-4-7(9)5-12(10,11)6-8/h5H,2-4,6H2,1H3. The van der Waals surface area contributed by atoms with Gasteiger partial charge in [-0.3, -0.25) is 0 Å². The second-order valence-corrected chi connectivity index (χ2v) is 6.61. The third kappa shape index (κ3) is 6.20. The van der Waals surface area contributed by atoms with Crippen molar-refractivity contribution >= 4 is 41.7 Å². The molecule has 2 nitrogen and oxygen atoms in total. The molecule has 0 saturated carbocycles. The van der Waals surface area contributed by atoms with Gasteiger partial charge >= 0.3 is 0 Å². The van der Waals surface area contributed by atoms with E-state index in [0.717, 1.165) is 23.7 Å². The van der Waals surface area contributed by atoms with Gasteiger partial charge in [0.1, 0.15) is 4.66 Å². The highest BCUT2D eigenvalue weighted by atomic mass is 79.9. The molecule has 0 aliphatic heterocycles. The minimum absolute atomic E-state index is 0.0127. The number of rotatable bonds is 5. The van der Waals surface area contributed by atoms with Crippen LogP contribution < -0.4 is 0 Å². The first kappa shape index (κ1) is 12.7. The molecular weight excluding hydrogens is 308 g/mol. The predicted molar refractivity (Wildman–Crippen MR) is 59.2 cm³/mol. The van der Waals surface area contributed by atoms with E-state index in [4.69, 9.17) is 0 Å². The van der Waals surface area contributed by atoms with Crippen LogP contribution in [0.3, 0.4) is 0 Å². The van der Waals surface area contributed by atoms with E-state index in [0.29, 0.717) is 0 Å². The fourth-order valence-electron chi connectivity index (χ4n) is 0.631. The molecule has 0 saturated heterocycles. The van der Waals surface area contributed by atoms with Crippen LogP contribution in [0.25, 0.3) is 0 Å². The van der Waals surface area contributed by atoms with Crippen molar-refractivity contribution in [2.24, 2.45) is 0 Å². The van der Waals surface area contributed by atoms with Gasteiger partial charge in [0.05, 0.1) is 0 Å². The van der Waals surface area contributed by atoms with Crippen LogP contribution in [0.15, 0.2) is 9.89 Å². The summed E-state index contributed by atoms with van der Waals surface area (Å²) in [5.74, 6) is 0. The van der Waals surface area contributed by atoms with Crippen molar-refractivity contribution in [3.8, 4) is 0 Å². The molecule has 0 atom stereocenters. The van der Waals surface area contributed by atoms with E-state index in [-0.39, 0.29) is 4.66 Å². The topological polar surface area (TPSA) is 34.1 Å². The maximum Gasteiger partial charge on any atom is 0.182 e. The molecule has 0 unspecified atom stereocenters. The van der Waals surface area contributed by atoms with Gasteiger partial charge in [-0.25, -0.2) is 8.42 Å². The molecule has 0 fully saturated rings. The zero-order valence-corrected chi connectivity index (χ0v) is 10.9. The van der Waals surface area contributed by atoms with E-state index in [1.807, 2.05) is 0 Å². The second kappa shape index (κ2) is 6.16. The summed E-state index contributed by atoms with van der Waals surface area (Å²) >= 11 is 6.13. The molecule has 0 spiro atoms. The number of alkyl halides is 1. The van der Waals surface area contributed by atoms with Crippen LogP contribution in [-0.4, -0.2) is 13.1 Å². The molecular formula is C7H12Br2O2S. The van der Waals surface area contributed by atoms with Gasteiger partial charge in [-0.1, -0.05) is 45.2 Å². The van der Waals surface area contributed by atoms with Crippen LogP contribution in [0.1, 0.15) is 26.2 Å². The number of hydrogen-bond donors (Lipinski definition) is 0. The van der Waals surface area contributed by atoms with Crippen molar-refractivity contribution in [3.05, 3.63) is 9.89 Å². The van der Waals surface area contributed by atoms with Gasteiger partial charge < -0.3 is 0 Å². The summed E-state index contributed by atoms with van der Waals surface area (Å²) in [4.78, 5) is 0. The Morgan fingerprint density at radius 1 is 1.50 bits per heavy atom. The zero-order chi connectivity index (χ0) is 9.61. The summed E-state index contributed by atoms with van der Waals surface area (Å²) in [5, 5.41) is 1.28. The molecule has 0 aliphatic carbocycles. The predicted octanol–water partition coefficient (Wildman–Crippen LogP) is 3.18. The summed E-state index contributed by atoms with van der Waals surface area (Å²) in [5.41, 5.74) is 0. The first-order chi connectivity index (χ1) is 5.52. The second-order valence-electron chi connectivity index (χ2n) is 2.44. The van der Waals surface area contributed by atoms with Gasteiger partial charge in [0.2, 0.25) is 0 Å². The molecule has 0 aromatic rings. The highest BCUT2D eigenvalue weighted by Crippen LogP contribution is 2.16. The van der Waals surface area contributed by atoms with Gasteiger partial charge in [0.15, 0.2) is 9.84 Å². The van der Waals surface area contributed by atoms with Crippen LogP contribution in [0, 0.1) is 0 Å². The summed E-state index contributed by atoms with van der Waals surface area (Å²) in [6.07, 6.45) is 2.87. The molecule has 0 rings (SSSR count). The minimum atomic E-state index is -3.04. The van der Waals surface area contributed by atoms with Crippen LogP contribution in [0.5, 0.6) is 0 Å². The summed E-state index contributed by atoms with van der Waals surface area (Å²) < 4.78 is 22.8. The van der Waals surface area contributed by atoms with Crippen LogP contribution in [0.4, 0.5) is 0 Å². The molecule has 0 aromatic heterocycles. The Balaban J connectivity index is 4.16. The number of hydrogen-bond acceptors (Lipinski definition) is 2. The summed E-state index contributed by atoms with van der Waals surface area (Å²) in [6, 6.07) is 0. The van der Waals surface area contributed by atoms with Crippen LogP contribution >= 0.6 is 31.9 Å². The quantitative estimate of drug-likeness (QED) is 0.729. The first-order valence-corrected chi connectivity index (χ1v) is 7.29. The lowest BCUT2D eigenvalue weighted by molar-refractivity contribution is 0.609. The monoisotopic (exact) mass is 318 g/mol. The zero-order valence-electron chi connectivity index (χ0n) is 6.89. The largest absolute Gasteiger partial charge is 0.223 e. The molecule has 72 valence electrons. The number of sulfone groups is 1. The average Bonchev–Trinajstić information content (AvgIpc) is 2.00. The number of unbranched alkanes of at least 4 members (excludes halogenated alkanes) is 1. The Hall–Kier alpha value is 0.650. The molecule has 0 N–H and O–H groups in total. The third-order valence-electron chi connectivity index (χ3n) is 1.23. The highest BCUT2D eigenvalue weighted by molar-refractivity contribution is 9.12. The lowest BCUT2D eigenvalue weighted by Gasteiger charge is -1.96. The Kier molecular flexibility index (Phi) is 6.49. The van der Waals surface area contributed by atoms with E-state index in [1.165, 1.54) is 5.41 Å². The maximum atomic E-state index is 11.0. The van der Waals surface area contributed by atoms with Crippen molar-refractivity contribution in [1.29, 1.82) is 0 Å². The van der Waals surface area contributed by atoms with Crippen molar-refractivity contribution in [2.45, 2.75) is 26.2 Å². The van der Waals surface area contributed by atoms with E-state index < -0.39 is 9.84 Å². The SMILES string of the molecule is CCCCC(Br)=CS(=O)(=O)CBr. The van der Waals surface area contributed by atoms with Gasteiger partial charge in [0.25, 0.3) is 0 Å². The Morgan fingerprint density at radius 3 is 2.50 bits per heavy atom. The third-order valence-corrected chi connectivity index (χ3v) is 5.02. The highest BCUT2D eigenvalue weighted by Gasteiger charge is 2.04. The molecule has 0 heterocycles. The molecule has 5 heteroatoms. The van der Waals surface area contributed by atoms with Crippen LogP contribution in [0.2, 0.25) is 0 Å². The molecule has 0 aliphatic rings. The van der Waals surface area contributed by atoms with Crippen molar-refractivity contribution in [3.63, 3.8) is 0 Å². The maximum absolute atomic E-state index is 11.0. The van der Waals surface area contributed by atoms with Gasteiger partial charge in [0, 0.05) is 9.89 Å². The van der Waals surface area contributed by atoms with Gasteiger partial charge in [-0.05, 0) is 12.8 Å². The fourth-order valence-corrected chi connectivity index (χ4v) is 2.73. The Morgan fingerprint density at radius 2 is 2.08 bits per heavy atom. The lowest BCUT2D eigenvalue weighted by atomic mass is 10.2. The molecule has 0 bridgehead atoms.